The SMILES string of the molecule is CNCCC1CCN(C(=O)c2cnc3ccccc3c2C)CC1.Cl.Cl. The Labute approximate surface area is 162 Å². The highest BCUT2D eigenvalue weighted by Gasteiger charge is 2.24. The molecule has 1 aromatic carbocycles. The van der Waals surface area contributed by atoms with E-state index in [-0.39, 0.29) is 30.7 Å². The van der Waals surface area contributed by atoms with Gasteiger partial charge in [-0.05, 0) is 57.3 Å². The van der Waals surface area contributed by atoms with Crippen molar-refractivity contribution in [3.63, 3.8) is 0 Å². The summed E-state index contributed by atoms with van der Waals surface area (Å²) in [7, 11) is 1.99. The Bertz CT molecular complexity index is 700. The van der Waals surface area contributed by atoms with E-state index in [2.05, 4.69) is 10.3 Å². The number of likely N-dealkylation sites (tertiary alicyclic amines) is 1. The van der Waals surface area contributed by atoms with Gasteiger partial charge in [0, 0.05) is 24.7 Å². The summed E-state index contributed by atoms with van der Waals surface area (Å²) in [5.41, 5.74) is 2.74. The number of piperidine rings is 1. The number of nitrogens with one attached hydrogen (secondary N) is 1. The fourth-order valence-electron chi connectivity index (χ4n) is 3.44. The molecule has 0 radical (unpaired) electrons. The third kappa shape index (κ3) is 4.84. The first-order valence-electron chi connectivity index (χ1n) is 8.49. The summed E-state index contributed by atoms with van der Waals surface area (Å²) in [6.07, 6.45) is 5.16. The van der Waals surface area contributed by atoms with Gasteiger partial charge in [0.2, 0.25) is 0 Å². The van der Waals surface area contributed by atoms with E-state index in [0.29, 0.717) is 0 Å². The molecule has 3 rings (SSSR count). The van der Waals surface area contributed by atoms with Crippen molar-refractivity contribution in [2.45, 2.75) is 26.2 Å². The number of benzene rings is 1. The number of aryl methyl sites for hydroxylation is 1. The molecule has 2 aromatic rings. The number of aromatic nitrogens is 1. The number of carbonyl (C=O) groups excluding carboxylic acids is 1. The molecule has 1 saturated heterocycles. The Hall–Kier alpha value is -1.36. The minimum atomic E-state index is 0. The first-order chi connectivity index (χ1) is 11.2. The molecule has 1 aliphatic heterocycles. The lowest BCUT2D eigenvalue weighted by atomic mass is 9.93. The highest BCUT2D eigenvalue weighted by Crippen LogP contribution is 2.24. The average molecular weight is 384 g/mol. The summed E-state index contributed by atoms with van der Waals surface area (Å²) in [4.78, 5) is 19.3. The molecular weight excluding hydrogens is 357 g/mol. The molecular formula is C19H27Cl2N3O. The Balaban J connectivity index is 0.00000156. The van der Waals surface area contributed by atoms with Crippen LogP contribution in [0.5, 0.6) is 0 Å². The van der Waals surface area contributed by atoms with Gasteiger partial charge in [0.25, 0.3) is 5.91 Å². The van der Waals surface area contributed by atoms with Gasteiger partial charge in [-0.25, -0.2) is 0 Å². The van der Waals surface area contributed by atoms with Crippen LogP contribution in [0.4, 0.5) is 0 Å². The average Bonchev–Trinajstić information content (AvgIpc) is 2.60. The Kier molecular flexibility index (Phi) is 8.63. The van der Waals surface area contributed by atoms with Gasteiger partial charge in [-0.2, -0.15) is 0 Å². The summed E-state index contributed by atoms with van der Waals surface area (Å²) < 4.78 is 0. The molecule has 0 spiro atoms. The molecule has 4 nitrogen and oxygen atoms in total. The van der Waals surface area contributed by atoms with Crippen LogP contribution in [0.3, 0.4) is 0 Å². The molecule has 138 valence electrons. The topological polar surface area (TPSA) is 45.2 Å². The Morgan fingerprint density at radius 2 is 1.92 bits per heavy atom. The number of hydrogen-bond donors (Lipinski definition) is 1. The van der Waals surface area contributed by atoms with Crippen LogP contribution >= 0.6 is 24.8 Å². The van der Waals surface area contributed by atoms with E-state index >= 15 is 0 Å². The van der Waals surface area contributed by atoms with Crippen LogP contribution in [-0.4, -0.2) is 42.5 Å². The van der Waals surface area contributed by atoms with E-state index in [1.807, 2.05) is 43.1 Å². The molecule has 0 saturated carbocycles. The third-order valence-electron chi connectivity index (χ3n) is 4.98. The zero-order valence-electron chi connectivity index (χ0n) is 14.8. The third-order valence-corrected chi connectivity index (χ3v) is 4.98. The van der Waals surface area contributed by atoms with E-state index < -0.39 is 0 Å². The summed E-state index contributed by atoms with van der Waals surface area (Å²) in [5, 5.41) is 4.28. The van der Waals surface area contributed by atoms with Crippen LogP contribution in [0, 0.1) is 12.8 Å². The Morgan fingerprint density at radius 3 is 2.60 bits per heavy atom. The maximum Gasteiger partial charge on any atom is 0.255 e. The minimum Gasteiger partial charge on any atom is -0.339 e. The number of carbonyl (C=O) groups is 1. The maximum atomic E-state index is 12.9. The van der Waals surface area contributed by atoms with Crippen molar-refractivity contribution in [3.8, 4) is 0 Å². The van der Waals surface area contributed by atoms with Crippen molar-refractivity contribution in [3.05, 3.63) is 41.6 Å². The van der Waals surface area contributed by atoms with Crippen molar-refractivity contribution in [2.24, 2.45) is 5.92 Å². The molecule has 1 N–H and O–H groups in total. The van der Waals surface area contributed by atoms with Crippen LogP contribution in [0.25, 0.3) is 10.9 Å². The highest BCUT2D eigenvalue weighted by molar-refractivity contribution is 6.00. The van der Waals surface area contributed by atoms with Crippen LogP contribution < -0.4 is 5.32 Å². The predicted molar refractivity (Wildman–Crippen MR) is 108 cm³/mol. The first-order valence-corrected chi connectivity index (χ1v) is 8.49. The van der Waals surface area contributed by atoms with E-state index in [9.17, 15) is 4.79 Å². The number of rotatable bonds is 4. The fraction of sp³-hybridized carbons (Fsp3) is 0.474. The summed E-state index contributed by atoms with van der Waals surface area (Å²) in [5.74, 6) is 0.871. The van der Waals surface area contributed by atoms with Crippen molar-refractivity contribution < 1.29 is 4.79 Å². The van der Waals surface area contributed by atoms with Gasteiger partial charge in [-0.3, -0.25) is 9.78 Å². The number of pyridine rings is 1. The highest BCUT2D eigenvalue weighted by atomic mass is 35.5. The second-order valence-electron chi connectivity index (χ2n) is 6.44. The molecule has 1 aromatic heterocycles. The van der Waals surface area contributed by atoms with Gasteiger partial charge >= 0.3 is 0 Å². The molecule has 0 atom stereocenters. The number of fused-ring (bicyclic) bond motifs is 1. The van der Waals surface area contributed by atoms with E-state index in [4.69, 9.17) is 0 Å². The summed E-state index contributed by atoms with van der Waals surface area (Å²) in [6.45, 7) is 4.81. The van der Waals surface area contributed by atoms with E-state index in [1.54, 1.807) is 6.20 Å². The number of halogens is 2. The maximum absolute atomic E-state index is 12.9. The van der Waals surface area contributed by atoms with Gasteiger partial charge in [0.15, 0.2) is 0 Å². The lowest BCUT2D eigenvalue weighted by Crippen LogP contribution is -2.39. The second-order valence-corrected chi connectivity index (χ2v) is 6.44. The standard InChI is InChI=1S/C19H25N3O.2ClH/c1-14-16-5-3-4-6-18(16)21-13-17(14)19(23)22-11-8-15(9-12-22)7-10-20-2;;/h3-6,13,15,20H,7-12H2,1-2H3;2*1H. The van der Waals surface area contributed by atoms with Crippen molar-refractivity contribution in [1.82, 2.24) is 15.2 Å². The first kappa shape index (κ1) is 21.7. The molecule has 1 fully saturated rings. The molecule has 0 aliphatic carbocycles. The number of hydrogen-bond acceptors (Lipinski definition) is 3. The summed E-state index contributed by atoms with van der Waals surface area (Å²) in [6, 6.07) is 8.01. The largest absolute Gasteiger partial charge is 0.339 e. The molecule has 0 unspecified atom stereocenters. The lowest BCUT2D eigenvalue weighted by molar-refractivity contribution is 0.0686. The van der Waals surface area contributed by atoms with Gasteiger partial charge in [-0.15, -0.1) is 24.8 Å². The fourth-order valence-corrected chi connectivity index (χ4v) is 3.44. The minimum absolute atomic E-state index is 0. The number of amides is 1. The van der Waals surface area contributed by atoms with Gasteiger partial charge in [0.1, 0.15) is 0 Å². The quantitative estimate of drug-likeness (QED) is 0.871. The van der Waals surface area contributed by atoms with Crippen molar-refractivity contribution in [1.29, 1.82) is 0 Å². The van der Waals surface area contributed by atoms with Crippen LogP contribution in [-0.2, 0) is 0 Å². The Morgan fingerprint density at radius 1 is 1.24 bits per heavy atom. The van der Waals surface area contributed by atoms with Crippen LogP contribution in [0.15, 0.2) is 30.5 Å². The molecule has 2 heterocycles. The molecule has 1 amide bonds. The number of nitrogens with zero attached hydrogens (tertiary/aromatic N) is 2. The van der Waals surface area contributed by atoms with E-state index in [1.165, 1.54) is 6.42 Å². The van der Waals surface area contributed by atoms with Gasteiger partial charge in [0.05, 0.1) is 11.1 Å². The molecule has 1 aliphatic rings. The van der Waals surface area contributed by atoms with Crippen molar-refractivity contribution in [2.75, 3.05) is 26.7 Å². The normalized spacial score (nSPS) is 14.7. The van der Waals surface area contributed by atoms with Crippen molar-refractivity contribution >= 4 is 41.6 Å². The predicted octanol–water partition coefficient (Wildman–Crippen LogP) is 3.85. The smallest absolute Gasteiger partial charge is 0.255 e. The summed E-state index contributed by atoms with van der Waals surface area (Å²) >= 11 is 0. The number of para-hydroxylation sites is 1. The monoisotopic (exact) mass is 383 g/mol. The second kappa shape index (κ2) is 9.95. The van der Waals surface area contributed by atoms with Gasteiger partial charge in [-0.1, -0.05) is 18.2 Å². The zero-order chi connectivity index (χ0) is 16.2. The van der Waals surface area contributed by atoms with Crippen LogP contribution in [0.1, 0.15) is 35.2 Å². The molecule has 6 heteroatoms. The lowest BCUT2D eigenvalue weighted by Gasteiger charge is -2.32. The zero-order valence-corrected chi connectivity index (χ0v) is 16.5. The van der Waals surface area contributed by atoms with Gasteiger partial charge < -0.3 is 10.2 Å². The van der Waals surface area contributed by atoms with E-state index in [0.717, 1.165) is 60.4 Å². The van der Waals surface area contributed by atoms with Crippen LogP contribution in [0.2, 0.25) is 0 Å². The molecule has 25 heavy (non-hydrogen) atoms. The molecule has 0 bridgehead atoms.